The molecular formula is C19H37NO4. The zero-order valence-electron chi connectivity index (χ0n) is 16.4. The summed E-state index contributed by atoms with van der Waals surface area (Å²) in [6.45, 7) is 11.9. The van der Waals surface area contributed by atoms with Gasteiger partial charge in [-0.25, -0.2) is 4.79 Å². The molecule has 0 saturated carbocycles. The third-order valence-corrected chi connectivity index (χ3v) is 4.48. The number of amides is 1. The van der Waals surface area contributed by atoms with Crippen molar-refractivity contribution in [1.82, 2.24) is 5.32 Å². The first-order valence-electron chi connectivity index (χ1n) is 9.40. The number of carbonyl (C=O) groups excluding carboxylic acids is 2. The van der Waals surface area contributed by atoms with Crippen molar-refractivity contribution >= 4 is 12.1 Å². The average molecular weight is 344 g/mol. The number of alkyl carbamates (subject to hydrolysis) is 1. The van der Waals surface area contributed by atoms with Crippen LogP contribution in [0.4, 0.5) is 4.79 Å². The molecule has 1 N–H and O–H groups in total. The number of unbranched alkanes of at least 4 members (excludes halogenated alkanes) is 5. The number of ether oxygens (including phenoxy) is 2. The Morgan fingerprint density at radius 1 is 0.917 bits per heavy atom. The van der Waals surface area contributed by atoms with Gasteiger partial charge in [-0.05, 0) is 40.5 Å². The van der Waals surface area contributed by atoms with Crippen LogP contribution in [0, 0.1) is 5.41 Å². The number of hydrogen-bond acceptors (Lipinski definition) is 4. The van der Waals surface area contributed by atoms with Crippen LogP contribution >= 0.6 is 0 Å². The molecule has 0 fully saturated rings. The van der Waals surface area contributed by atoms with Crippen molar-refractivity contribution in [3.05, 3.63) is 0 Å². The maximum Gasteiger partial charge on any atom is 0.407 e. The van der Waals surface area contributed by atoms with Crippen LogP contribution in [0.3, 0.4) is 0 Å². The van der Waals surface area contributed by atoms with Gasteiger partial charge >= 0.3 is 12.1 Å². The highest BCUT2D eigenvalue weighted by Crippen LogP contribution is 2.23. The molecule has 0 saturated heterocycles. The second-order valence-electron chi connectivity index (χ2n) is 7.15. The molecule has 2 atom stereocenters. The van der Waals surface area contributed by atoms with E-state index in [0.29, 0.717) is 13.0 Å². The van der Waals surface area contributed by atoms with Crippen molar-refractivity contribution in [3.8, 4) is 0 Å². The fourth-order valence-electron chi connectivity index (χ4n) is 1.97. The number of esters is 1. The van der Waals surface area contributed by atoms with Crippen molar-refractivity contribution in [3.63, 3.8) is 0 Å². The van der Waals surface area contributed by atoms with Gasteiger partial charge < -0.3 is 14.8 Å². The molecule has 0 radical (unpaired) electrons. The molecule has 0 aliphatic heterocycles. The van der Waals surface area contributed by atoms with Crippen LogP contribution in [-0.2, 0) is 14.3 Å². The first kappa shape index (κ1) is 22.7. The summed E-state index contributed by atoms with van der Waals surface area (Å²) in [7, 11) is 0. The van der Waals surface area contributed by atoms with E-state index >= 15 is 0 Å². The highest BCUT2D eigenvalue weighted by molar-refractivity contribution is 5.76. The average Bonchev–Trinajstić information content (AvgIpc) is 2.53. The van der Waals surface area contributed by atoms with Gasteiger partial charge in [0.15, 0.2) is 0 Å². The Morgan fingerprint density at radius 2 is 1.46 bits per heavy atom. The lowest BCUT2D eigenvalue weighted by atomic mass is 9.90. The lowest BCUT2D eigenvalue weighted by Gasteiger charge is -2.26. The van der Waals surface area contributed by atoms with E-state index in [9.17, 15) is 9.59 Å². The summed E-state index contributed by atoms with van der Waals surface area (Å²) in [5.41, 5.74) is -0.520. The molecule has 5 nitrogen and oxygen atoms in total. The quantitative estimate of drug-likeness (QED) is 0.407. The monoisotopic (exact) mass is 343 g/mol. The molecule has 5 heteroatoms. The summed E-state index contributed by atoms with van der Waals surface area (Å²) < 4.78 is 10.7. The summed E-state index contributed by atoms with van der Waals surface area (Å²) in [6.07, 6.45) is 6.36. The number of hydrogen-bond donors (Lipinski definition) is 1. The molecule has 0 aromatic heterocycles. The molecule has 24 heavy (non-hydrogen) atoms. The van der Waals surface area contributed by atoms with E-state index in [1.165, 1.54) is 25.7 Å². The Bertz CT molecular complexity index is 368. The van der Waals surface area contributed by atoms with Crippen LogP contribution in [0.1, 0.15) is 86.5 Å². The largest absolute Gasteiger partial charge is 0.458 e. The summed E-state index contributed by atoms with van der Waals surface area (Å²) >= 11 is 0. The van der Waals surface area contributed by atoms with E-state index in [4.69, 9.17) is 9.47 Å². The van der Waals surface area contributed by atoms with E-state index in [-0.39, 0.29) is 5.97 Å². The lowest BCUT2D eigenvalue weighted by molar-refractivity contribution is -0.163. The molecule has 2 unspecified atom stereocenters. The molecule has 0 bridgehead atoms. The molecule has 1 amide bonds. The number of rotatable bonds is 12. The Balaban J connectivity index is 3.94. The topological polar surface area (TPSA) is 64.6 Å². The van der Waals surface area contributed by atoms with Gasteiger partial charge in [0.05, 0.1) is 5.41 Å². The summed E-state index contributed by atoms with van der Waals surface area (Å²) in [4.78, 5) is 23.8. The molecule has 0 rings (SSSR count). The van der Waals surface area contributed by atoms with Crippen molar-refractivity contribution in [1.29, 1.82) is 0 Å². The van der Waals surface area contributed by atoms with E-state index in [1.54, 1.807) is 13.8 Å². The first-order chi connectivity index (χ1) is 11.2. The van der Waals surface area contributed by atoms with Gasteiger partial charge in [0.1, 0.15) is 12.2 Å². The minimum Gasteiger partial charge on any atom is -0.458 e. The van der Waals surface area contributed by atoms with Gasteiger partial charge in [-0.15, -0.1) is 0 Å². The third kappa shape index (κ3) is 9.78. The smallest absolute Gasteiger partial charge is 0.407 e. The van der Waals surface area contributed by atoms with Gasteiger partial charge in [0, 0.05) is 6.54 Å². The molecule has 0 aromatic rings. The fraction of sp³-hybridized carbons (Fsp3) is 0.895. The molecule has 0 heterocycles. The Hall–Kier alpha value is -1.26. The van der Waals surface area contributed by atoms with E-state index in [2.05, 4.69) is 12.2 Å². The summed E-state index contributed by atoms with van der Waals surface area (Å²) in [5.74, 6) is -0.263. The van der Waals surface area contributed by atoms with E-state index < -0.39 is 23.7 Å². The Labute approximate surface area is 147 Å². The third-order valence-electron chi connectivity index (χ3n) is 4.48. The number of nitrogens with one attached hydrogen (secondary N) is 1. The summed E-state index contributed by atoms with van der Waals surface area (Å²) in [5, 5.41) is 2.75. The van der Waals surface area contributed by atoms with Crippen LogP contribution < -0.4 is 5.32 Å². The number of carbonyl (C=O) groups is 2. The highest BCUT2D eigenvalue weighted by atomic mass is 16.6. The zero-order chi connectivity index (χ0) is 18.6. The summed E-state index contributed by atoms with van der Waals surface area (Å²) in [6, 6.07) is 0. The van der Waals surface area contributed by atoms with Crippen molar-refractivity contribution < 1.29 is 19.1 Å². The minimum atomic E-state index is -0.520. The van der Waals surface area contributed by atoms with Crippen LogP contribution in [0.2, 0.25) is 0 Å². The van der Waals surface area contributed by atoms with Crippen LogP contribution in [-0.4, -0.2) is 30.8 Å². The van der Waals surface area contributed by atoms with Gasteiger partial charge in [0.25, 0.3) is 0 Å². The van der Waals surface area contributed by atoms with Crippen LogP contribution in [0.25, 0.3) is 0 Å². The van der Waals surface area contributed by atoms with Crippen molar-refractivity contribution in [2.45, 2.75) is 98.7 Å². The maximum absolute atomic E-state index is 12.0. The normalized spacial score (nSPS) is 13.9. The predicted molar refractivity (Wildman–Crippen MR) is 96.9 cm³/mol. The maximum atomic E-state index is 12.0. The van der Waals surface area contributed by atoms with Gasteiger partial charge in [-0.3, -0.25) is 4.79 Å². The van der Waals surface area contributed by atoms with Gasteiger partial charge in [-0.1, -0.05) is 46.0 Å². The van der Waals surface area contributed by atoms with Gasteiger partial charge in [-0.2, -0.15) is 0 Å². The second kappa shape index (κ2) is 12.2. The van der Waals surface area contributed by atoms with E-state index in [1.807, 2.05) is 20.8 Å². The molecule has 0 aromatic carbocycles. The highest BCUT2D eigenvalue weighted by Gasteiger charge is 2.30. The second-order valence-corrected chi connectivity index (χ2v) is 7.15. The predicted octanol–water partition coefficient (Wildman–Crippen LogP) is 4.83. The molecule has 0 aliphatic carbocycles. The molecule has 0 spiro atoms. The van der Waals surface area contributed by atoms with Gasteiger partial charge in [0.2, 0.25) is 0 Å². The molecule has 142 valence electrons. The minimum absolute atomic E-state index is 0.263. The zero-order valence-corrected chi connectivity index (χ0v) is 16.4. The van der Waals surface area contributed by atoms with Crippen LogP contribution in [0.5, 0.6) is 0 Å². The Kier molecular flexibility index (Phi) is 11.5. The standard InChI is InChI=1S/C19H37NO4/c1-7-9-10-11-12-13-14-20-18(22)24-16(4)15(3)23-17(21)19(5,6)8-2/h15-16H,7-14H2,1-6H3,(H,20,22). The molecular weight excluding hydrogens is 306 g/mol. The Morgan fingerprint density at radius 3 is 2.04 bits per heavy atom. The SMILES string of the molecule is CCCCCCCCNC(=O)OC(C)C(C)OC(=O)C(C)(C)CC. The first-order valence-corrected chi connectivity index (χ1v) is 9.40. The molecule has 0 aliphatic rings. The lowest BCUT2D eigenvalue weighted by Crippen LogP contribution is -2.38. The van der Waals surface area contributed by atoms with E-state index in [0.717, 1.165) is 12.8 Å². The van der Waals surface area contributed by atoms with Crippen molar-refractivity contribution in [2.75, 3.05) is 6.54 Å². The van der Waals surface area contributed by atoms with Crippen molar-refractivity contribution in [2.24, 2.45) is 5.41 Å². The fourth-order valence-corrected chi connectivity index (χ4v) is 1.97. The van der Waals surface area contributed by atoms with Crippen LogP contribution in [0.15, 0.2) is 0 Å².